The maximum absolute atomic E-state index is 7.31. The van der Waals surface area contributed by atoms with E-state index in [0.29, 0.717) is 6.54 Å². The van der Waals surface area contributed by atoms with E-state index in [1.54, 1.807) is 0 Å². The highest BCUT2D eigenvalue weighted by Gasteiger charge is 2.33. The molecule has 0 radical (unpaired) electrons. The highest BCUT2D eigenvalue weighted by Crippen LogP contribution is 2.53. The normalized spacial score (nSPS) is 14.1. The summed E-state index contributed by atoms with van der Waals surface area (Å²) in [5.74, 6) is 0. The molecule has 2 aliphatic rings. The Labute approximate surface area is 175 Å². The minimum atomic E-state index is 0.445. The molecule has 0 unspecified atom stereocenters. The van der Waals surface area contributed by atoms with E-state index in [-0.39, 0.29) is 0 Å². The average Bonchev–Trinajstić information content (AvgIpc) is 2.74. The van der Waals surface area contributed by atoms with E-state index < -0.39 is 0 Å². The Balaban J connectivity index is 1.80. The quantitative estimate of drug-likeness (QED) is 0.244. The molecule has 3 heteroatoms. The number of aryl methyl sites for hydroxylation is 4. The first-order chi connectivity index (χ1) is 14.2. The van der Waals surface area contributed by atoms with Crippen LogP contribution in [0.5, 0.6) is 0 Å². The van der Waals surface area contributed by atoms with Gasteiger partial charge in [-0.2, -0.15) is 0 Å². The number of rotatable bonds is 1. The lowest BCUT2D eigenvalue weighted by molar-refractivity contribution is -0.659. The molecule has 3 aromatic carbocycles. The van der Waals surface area contributed by atoms with E-state index >= 15 is 0 Å². The second-order valence-electron chi connectivity index (χ2n) is 8.25. The van der Waals surface area contributed by atoms with E-state index in [4.69, 9.17) is 6.57 Å². The number of nitrogens with zero attached hydrogens (tertiary/aromatic N) is 2. The molecule has 0 saturated heterocycles. The molecular weight excluding hydrogens is 372 g/mol. The molecule has 1 aliphatic heterocycles. The van der Waals surface area contributed by atoms with Gasteiger partial charge in [0.2, 0.25) is 12.2 Å². The van der Waals surface area contributed by atoms with Gasteiger partial charge in [0.15, 0.2) is 6.20 Å². The Morgan fingerprint density at radius 1 is 1.14 bits per heavy atom. The van der Waals surface area contributed by atoms with Crippen molar-refractivity contribution < 1.29 is 4.57 Å². The fraction of sp³-hybridized carbons (Fsp3) is 0.231. The molecule has 0 spiro atoms. The first kappa shape index (κ1) is 17.1. The molecular formula is C26H21N2S+. The molecule has 0 bridgehead atoms. The number of aromatic nitrogens is 1. The topological polar surface area (TPSA) is 8.24 Å². The Morgan fingerprint density at radius 2 is 2.03 bits per heavy atom. The van der Waals surface area contributed by atoms with Gasteiger partial charge in [-0.1, -0.05) is 30.0 Å². The van der Waals surface area contributed by atoms with Gasteiger partial charge in [-0.25, -0.2) is 11.1 Å². The van der Waals surface area contributed by atoms with Crippen LogP contribution in [-0.4, -0.2) is 0 Å². The predicted octanol–water partition coefficient (Wildman–Crippen LogP) is 6.17. The van der Waals surface area contributed by atoms with Crippen molar-refractivity contribution in [3.63, 3.8) is 0 Å². The zero-order chi connectivity index (χ0) is 19.7. The van der Waals surface area contributed by atoms with E-state index in [1.165, 1.54) is 72.1 Å². The monoisotopic (exact) mass is 393 g/mol. The fourth-order valence-corrected chi connectivity index (χ4v) is 6.76. The Hall–Kier alpha value is -2.83. The standard InChI is InChI=1S/C26H21N2S/c1-15-19-8-4-6-17-7-5-9-20(23(17)19)26-22(15)25-24-18(10-11-28(25)3)12-16(14-27-2)13-21(24)29-26/h4,6,8,10-13H,5,7,9,14H2,1,3H3/q+1. The van der Waals surface area contributed by atoms with Gasteiger partial charge in [-0.05, 0) is 71.2 Å². The Morgan fingerprint density at radius 3 is 2.90 bits per heavy atom. The lowest BCUT2D eigenvalue weighted by Gasteiger charge is -2.27. The number of fused-ring (bicyclic) bond motifs is 3. The number of benzene rings is 3. The van der Waals surface area contributed by atoms with Crippen molar-refractivity contribution in [2.24, 2.45) is 7.05 Å². The minimum Gasteiger partial charge on any atom is -0.312 e. The molecule has 0 saturated carbocycles. The van der Waals surface area contributed by atoms with E-state index in [1.807, 2.05) is 11.8 Å². The summed E-state index contributed by atoms with van der Waals surface area (Å²) in [4.78, 5) is 6.38. The molecule has 2 heterocycles. The van der Waals surface area contributed by atoms with E-state index in [0.717, 1.165) is 12.0 Å². The average molecular weight is 394 g/mol. The van der Waals surface area contributed by atoms with Crippen molar-refractivity contribution in [3.05, 3.63) is 76.3 Å². The Bertz CT molecular complexity index is 1410. The highest BCUT2D eigenvalue weighted by molar-refractivity contribution is 7.99. The molecule has 1 aliphatic carbocycles. The molecule has 140 valence electrons. The smallest absolute Gasteiger partial charge is 0.239 e. The SMILES string of the molecule is [C-]#[N+]Cc1cc2c3c([n+](C)ccc3c1)-c1c(c3c4c(cccc4c1C)CCC3)S2. The summed E-state index contributed by atoms with van der Waals surface area (Å²) in [6.45, 7) is 10.1. The van der Waals surface area contributed by atoms with Gasteiger partial charge >= 0.3 is 0 Å². The fourth-order valence-electron chi connectivity index (χ4n) is 5.34. The first-order valence-corrected chi connectivity index (χ1v) is 11.0. The maximum Gasteiger partial charge on any atom is 0.239 e. The third-order valence-electron chi connectivity index (χ3n) is 6.58. The second kappa shape index (κ2) is 6.08. The lowest BCUT2D eigenvalue weighted by atomic mass is 9.83. The zero-order valence-electron chi connectivity index (χ0n) is 16.7. The van der Waals surface area contributed by atoms with Gasteiger partial charge in [-0.3, -0.25) is 0 Å². The molecule has 0 N–H and O–H groups in total. The molecule has 6 rings (SSSR count). The van der Waals surface area contributed by atoms with Crippen LogP contribution in [0, 0.1) is 13.5 Å². The summed E-state index contributed by atoms with van der Waals surface area (Å²) < 4.78 is 2.29. The van der Waals surface area contributed by atoms with Crippen LogP contribution in [0.1, 0.15) is 28.7 Å². The molecule has 0 atom stereocenters. The predicted molar refractivity (Wildman–Crippen MR) is 119 cm³/mol. The van der Waals surface area contributed by atoms with Gasteiger partial charge < -0.3 is 4.85 Å². The van der Waals surface area contributed by atoms with Crippen LogP contribution in [0.3, 0.4) is 0 Å². The highest BCUT2D eigenvalue weighted by atomic mass is 32.2. The summed E-state index contributed by atoms with van der Waals surface area (Å²) in [5.41, 5.74) is 8.29. The second-order valence-corrected chi connectivity index (χ2v) is 9.30. The summed E-state index contributed by atoms with van der Waals surface area (Å²) in [6, 6.07) is 13.5. The Kier molecular flexibility index (Phi) is 3.58. The molecule has 2 nitrogen and oxygen atoms in total. The van der Waals surface area contributed by atoms with Crippen molar-refractivity contribution in [1.29, 1.82) is 0 Å². The maximum atomic E-state index is 7.31. The van der Waals surface area contributed by atoms with Crippen molar-refractivity contribution >= 4 is 33.3 Å². The van der Waals surface area contributed by atoms with E-state index in [9.17, 15) is 0 Å². The van der Waals surface area contributed by atoms with Crippen molar-refractivity contribution in [2.75, 3.05) is 0 Å². The van der Waals surface area contributed by atoms with Crippen molar-refractivity contribution in [1.82, 2.24) is 0 Å². The first-order valence-electron chi connectivity index (χ1n) is 10.2. The number of pyridine rings is 1. The largest absolute Gasteiger partial charge is 0.312 e. The van der Waals surface area contributed by atoms with Crippen molar-refractivity contribution in [3.8, 4) is 11.3 Å². The van der Waals surface area contributed by atoms with Gasteiger partial charge in [0, 0.05) is 21.4 Å². The summed E-state index contributed by atoms with van der Waals surface area (Å²) in [7, 11) is 2.16. The summed E-state index contributed by atoms with van der Waals surface area (Å²) >= 11 is 1.93. The lowest BCUT2D eigenvalue weighted by Crippen LogP contribution is -2.32. The van der Waals surface area contributed by atoms with Crippen LogP contribution in [0.2, 0.25) is 0 Å². The molecule has 29 heavy (non-hydrogen) atoms. The van der Waals surface area contributed by atoms with Crippen LogP contribution in [0.4, 0.5) is 0 Å². The molecule has 4 aromatic rings. The van der Waals surface area contributed by atoms with Crippen LogP contribution in [-0.2, 0) is 26.4 Å². The third-order valence-corrected chi connectivity index (χ3v) is 7.77. The zero-order valence-corrected chi connectivity index (χ0v) is 17.5. The summed E-state index contributed by atoms with van der Waals surface area (Å²) in [6.07, 6.45) is 5.74. The van der Waals surface area contributed by atoms with Crippen LogP contribution < -0.4 is 4.57 Å². The number of hydrogen-bond donors (Lipinski definition) is 0. The number of hydrogen-bond acceptors (Lipinski definition) is 1. The third kappa shape index (κ3) is 2.27. The van der Waals surface area contributed by atoms with Gasteiger partial charge in [0.25, 0.3) is 0 Å². The molecule has 1 aromatic heterocycles. The van der Waals surface area contributed by atoms with Gasteiger partial charge in [0.05, 0.1) is 10.9 Å². The molecule has 0 amide bonds. The van der Waals surface area contributed by atoms with Gasteiger partial charge in [-0.15, -0.1) is 0 Å². The molecule has 0 fully saturated rings. The van der Waals surface area contributed by atoms with Gasteiger partial charge in [0.1, 0.15) is 7.05 Å². The summed E-state index contributed by atoms with van der Waals surface area (Å²) in [5, 5.41) is 5.50. The van der Waals surface area contributed by atoms with Crippen LogP contribution >= 0.6 is 11.8 Å². The minimum absolute atomic E-state index is 0.445. The van der Waals surface area contributed by atoms with E-state index in [2.05, 4.69) is 66.0 Å². The van der Waals surface area contributed by atoms with Crippen LogP contribution in [0.25, 0.3) is 37.6 Å². The van der Waals surface area contributed by atoms with Crippen molar-refractivity contribution in [2.45, 2.75) is 42.5 Å². The van der Waals surface area contributed by atoms with Crippen LogP contribution in [0.15, 0.2) is 52.4 Å².